The number of halogens is 1. The number of ketones is 1. The molecule has 19 heavy (non-hydrogen) atoms. The summed E-state index contributed by atoms with van der Waals surface area (Å²) in [6.45, 7) is 6.03. The van der Waals surface area contributed by atoms with Gasteiger partial charge >= 0.3 is 0 Å². The van der Waals surface area contributed by atoms with Crippen LogP contribution < -0.4 is 10.2 Å². The lowest BCUT2D eigenvalue weighted by atomic mass is 9.98. The van der Waals surface area contributed by atoms with Gasteiger partial charge in [0.2, 0.25) is 0 Å². The Labute approximate surface area is 111 Å². The van der Waals surface area contributed by atoms with Gasteiger partial charge in [0.05, 0.1) is 16.9 Å². The smallest absolute Gasteiger partial charge is 0.296 e. The number of anilines is 2. The monoisotopic (exact) mass is 264 g/mol. The number of rotatable bonds is 3. The number of nitrogens with one attached hydrogen (secondary N) is 1. The molecular formula is C14H17FN2O2. The van der Waals surface area contributed by atoms with Gasteiger partial charge in [-0.15, -0.1) is 0 Å². The standard InChI is InChI=1S/C14H17FN2O2/c1-5-14(2,3)17(4)11-7-10-8(6-9(11)15)12(18)13(19)16-10/h6-7H,5H2,1-4H3,(H,16,18,19). The van der Waals surface area contributed by atoms with E-state index in [1.807, 2.05) is 25.7 Å². The molecule has 1 N–H and O–H groups in total. The van der Waals surface area contributed by atoms with Gasteiger partial charge in [-0.25, -0.2) is 4.39 Å². The summed E-state index contributed by atoms with van der Waals surface area (Å²) in [7, 11) is 1.80. The molecule has 0 unspecified atom stereocenters. The van der Waals surface area contributed by atoms with Crippen molar-refractivity contribution in [3.63, 3.8) is 0 Å². The number of nitrogens with zero attached hydrogens (tertiary/aromatic N) is 1. The van der Waals surface area contributed by atoms with Gasteiger partial charge in [-0.2, -0.15) is 0 Å². The first-order valence-corrected chi connectivity index (χ1v) is 6.21. The molecule has 0 fully saturated rings. The van der Waals surface area contributed by atoms with Crippen LogP contribution in [0.15, 0.2) is 12.1 Å². The van der Waals surface area contributed by atoms with Gasteiger partial charge in [0.25, 0.3) is 11.7 Å². The first-order chi connectivity index (χ1) is 8.77. The Morgan fingerprint density at radius 2 is 1.95 bits per heavy atom. The summed E-state index contributed by atoms with van der Waals surface area (Å²) in [4.78, 5) is 24.6. The average molecular weight is 264 g/mol. The zero-order valence-corrected chi connectivity index (χ0v) is 11.5. The van der Waals surface area contributed by atoms with Crippen molar-refractivity contribution in [2.75, 3.05) is 17.3 Å². The second-order valence-corrected chi connectivity index (χ2v) is 5.36. The Balaban J connectivity index is 2.49. The van der Waals surface area contributed by atoms with Crippen molar-refractivity contribution in [2.45, 2.75) is 32.7 Å². The Morgan fingerprint density at radius 3 is 2.53 bits per heavy atom. The van der Waals surface area contributed by atoms with Crippen molar-refractivity contribution < 1.29 is 14.0 Å². The number of fused-ring (bicyclic) bond motifs is 1. The van der Waals surface area contributed by atoms with E-state index in [1.54, 1.807) is 7.05 Å². The maximum atomic E-state index is 14.1. The molecule has 0 aliphatic carbocycles. The van der Waals surface area contributed by atoms with Crippen molar-refractivity contribution in [1.29, 1.82) is 0 Å². The van der Waals surface area contributed by atoms with Crippen LogP contribution in [0.5, 0.6) is 0 Å². The SMILES string of the molecule is CCC(C)(C)N(C)c1cc2c(cc1F)C(=O)C(=O)N2. The van der Waals surface area contributed by atoms with Crippen LogP contribution >= 0.6 is 0 Å². The zero-order chi connectivity index (χ0) is 14.4. The van der Waals surface area contributed by atoms with Crippen LogP contribution in [0.25, 0.3) is 0 Å². The summed E-state index contributed by atoms with van der Waals surface area (Å²) in [5, 5.41) is 2.46. The van der Waals surface area contributed by atoms with Crippen molar-refractivity contribution in [1.82, 2.24) is 0 Å². The molecule has 2 rings (SSSR count). The predicted molar refractivity (Wildman–Crippen MR) is 72.1 cm³/mol. The highest BCUT2D eigenvalue weighted by molar-refractivity contribution is 6.51. The average Bonchev–Trinajstić information content (AvgIpc) is 2.64. The highest BCUT2D eigenvalue weighted by Gasteiger charge is 2.31. The van der Waals surface area contributed by atoms with Gasteiger partial charge in [-0.05, 0) is 32.4 Å². The fourth-order valence-corrected chi connectivity index (χ4v) is 1.97. The summed E-state index contributed by atoms with van der Waals surface area (Å²) in [5.74, 6) is -1.88. The summed E-state index contributed by atoms with van der Waals surface area (Å²) in [6, 6.07) is 2.65. The number of carbonyl (C=O) groups is 2. The van der Waals surface area contributed by atoms with E-state index in [1.165, 1.54) is 6.07 Å². The molecule has 0 spiro atoms. The van der Waals surface area contributed by atoms with E-state index in [4.69, 9.17) is 0 Å². The zero-order valence-electron chi connectivity index (χ0n) is 11.5. The molecule has 0 radical (unpaired) electrons. The van der Waals surface area contributed by atoms with Crippen LogP contribution in [0.1, 0.15) is 37.6 Å². The first kappa shape index (κ1) is 13.5. The Hall–Kier alpha value is -1.91. The van der Waals surface area contributed by atoms with Gasteiger partial charge in [0.1, 0.15) is 5.82 Å². The predicted octanol–water partition coefficient (Wildman–Crippen LogP) is 2.59. The molecule has 0 saturated heterocycles. The fourth-order valence-electron chi connectivity index (χ4n) is 1.97. The van der Waals surface area contributed by atoms with E-state index in [2.05, 4.69) is 5.32 Å². The molecule has 1 aliphatic heterocycles. The molecular weight excluding hydrogens is 247 g/mol. The molecule has 1 heterocycles. The van der Waals surface area contributed by atoms with Gasteiger partial charge in [0, 0.05) is 12.6 Å². The molecule has 1 aliphatic rings. The lowest BCUT2D eigenvalue weighted by molar-refractivity contribution is -0.112. The van der Waals surface area contributed by atoms with Crippen LogP contribution in [0.4, 0.5) is 15.8 Å². The lowest BCUT2D eigenvalue weighted by Gasteiger charge is -2.37. The van der Waals surface area contributed by atoms with Gasteiger partial charge in [-0.3, -0.25) is 9.59 Å². The van der Waals surface area contributed by atoms with E-state index < -0.39 is 17.5 Å². The largest absolute Gasteiger partial charge is 0.367 e. The number of carbonyl (C=O) groups excluding carboxylic acids is 2. The number of hydrogen-bond donors (Lipinski definition) is 1. The minimum Gasteiger partial charge on any atom is -0.367 e. The second kappa shape index (κ2) is 4.33. The minimum absolute atomic E-state index is 0.106. The minimum atomic E-state index is -0.705. The molecule has 5 heteroatoms. The van der Waals surface area contributed by atoms with Crippen LogP contribution in [0, 0.1) is 5.82 Å². The third kappa shape index (κ3) is 2.09. The fraction of sp³-hybridized carbons (Fsp3) is 0.429. The molecule has 1 amide bonds. The van der Waals surface area contributed by atoms with Crippen LogP contribution in [0.2, 0.25) is 0 Å². The maximum absolute atomic E-state index is 14.1. The molecule has 0 atom stereocenters. The summed E-state index contributed by atoms with van der Waals surface area (Å²) in [5.41, 5.74) is 0.640. The molecule has 0 saturated carbocycles. The first-order valence-electron chi connectivity index (χ1n) is 6.21. The van der Waals surface area contributed by atoms with Crippen LogP contribution in [-0.2, 0) is 4.79 Å². The molecule has 102 valence electrons. The van der Waals surface area contributed by atoms with Crippen LogP contribution in [0.3, 0.4) is 0 Å². The van der Waals surface area contributed by atoms with E-state index in [0.717, 1.165) is 12.5 Å². The van der Waals surface area contributed by atoms with E-state index >= 15 is 0 Å². The van der Waals surface area contributed by atoms with Gasteiger partial charge < -0.3 is 10.2 Å². The Kier molecular flexibility index (Phi) is 3.08. The van der Waals surface area contributed by atoms with Crippen molar-refractivity contribution in [2.24, 2.45) is 0 Å². The topological polar surface area (TPSA) is 49.4 Å². The van der Waals surface area contributed by atoms with Crippen molar-refractivity contribution in [3.05, 3.63) is 23.5 Å². The van der Waals surface area contributed by atoms with Crippen LogP contribution in [-0.4, -0.2) is 24.3 Å². The van der Waals surface area contributed by atoms with Gasteiger partial charge in [-0.1, -0.05) is 6.92 Å². The quantitative estimate of drug-likeness (QED) is 0.854. The Bertz CT molecular complexity index is 567. The molecule has 1 aromatic rings. The second-order valence-electron chi connectivity index (χ2n) is 5.36. The number of Topliss-reactive ketones (excluding diaryl/α,β-unsaturated/α-hetero) is 1. The number of amides is 1. The highest BCUT2D eigenvalue weighted by atomic mass is 19.1. The van der Waals surface area contributed by atoms with Crippen molar-refractivity contribution >= 4 is 23.1 Å². The number of hydrogen-bond acceptors (Lipinski definition) is 3. The lowest BCUT2D eigenvalue weighted by Crippen LogP contribution is -2.41. The summed E-state index contributed by atoms with van der Waals surface area (Å²) >= 11 is 0. The molecule has 0 bridgehead atoms. The number of benzene rings is 1. The third-order valence-corrected chi connectivity index (χ3v) is 3.92. The molecule has 0 aromatic heterocycles. The van der Waals surface area contributed by atoms with Crippen molar-refractivity contribution in [3.8, 4) is 0 Å². The summed E-state index contributed by atoms with van der Waals surface area (Å²) < 4.78 is 14.1. The normalized spacial score (nSPS) is 14.4. The van der Waals surface area contributed by atoms with Gasteiger partial charge in [0.15, 0.2) is 0 Å². The van der Waals surface area contributed by atoms with E-state index in [9.17, 15) is 14.0 Å². The summed E-state index contributed by atoms with van der Waals surface area (Å²) in [6.07, 6.45) is 0.839. The maximum Gasteiger partial charge on any atom is 0.296 e. The van der Waals surface area contributed by atoms with E-state index in [-0.39, 0.29) is 11.1 Å². The third-order valence-electron chi connectivity index (χ3n) is 3.92. The molecule has 4 nitrogen and oxygen atoms in total. The van der Waals surface area contributed by atoms with E-state index in [0.29, 0.717) is 11.4 Å². The Morgan fingerprint density at radius 1 is 1.32 bits per heavy atom. The molecule has 1 aromatic carbocycles. The highest BCUT2D eigenvalue weighted by Crippen LogP contribution is 2.34.